The SMILES string of the molecule is Cc1ccc(C(=O)[C@H](C)N(C(=O)c2ccccc2Cl)N2C(=O)[C@H]3[C@H](C2=O)[C@H]2C=C[C@H]3C2)cc1. The minimum absolute atomic E-state index is 0.0122. The molecule has 1 saturated heterocycles. The molecule has 33 heavy (non-hydrogen) atoms. The molecule has 1 saturated carbocycles. The number of nitrogens with zero attached hydrogens (tertiary/aromatic N) is 2. The van der Waals surface area contributed by atoms with Crippen molar-refractivity contribution in [3.8, 4) is 0 Å². The monoisotopic (exact) mass is 462 g/mol. The van der Waals surface area contributed by atoms with Gasteiger partial charge in [-0.15, -0.1) is 0 Å². The highest BCUT2D eigenvalue weighted by molar-refractivity contribution is 6.34. The Hall–Kier alpha value is -3.25. The predicted molar refractivity (Wildman–Crippen MR) is 122 cm³/mol. The van der Waals surface area contributed by atoms with Crippen LogP contribution >= 0.6 is 11.6 Å². The van der Waals surface area contributed by atoms with Crippen molar-refractivity contribution in [2.75, 3.05) is 0 Å². The first-order valence-corrected chi connectivity index (χ1v) is 11.4. The van der Waals surface area contributed by atoms with Crippen LogP contribution in [0.15, 0.2) is 60.7 Å². The van der Waals surface area contributed by atoms with Gasteiger partial charge >= 0.3 is 0 Å². The molecule has 0 N–H and O–H groups in total. The van der Waals surface area contributed by atoms with Gasteiger partial charge < -0.3 is 0 Å². The lowest BCUT2D eigenvalue weighted by Crippen LogP contribution is -2.57. The van der Waals surface area contributed by atoms with Gasteiger partial charge in [-0.05, 0) is 44.2 Å². The lowest BCUT2D eigenvalue weighted by atomic mass is 9.85. The van der Waals surface area contributed by atoms with Crippen LogP contribution < -0.4 is 0 Å². The molecule has 2 bridgehead atoms. The first kappa shape index (κ1) is 21.6. The van der Waals surface area contributed by atoms with Crippen LogP contribution in [0.2, 0.25) is 5.02 Å². The average molecular weight is 463 g/mol. The van der Waals surface area contributed by atoms with E-state index in [0.29, 0.717) is 5.56 Å². The third kappa shape index (κ3) is 3.32. The van der Waals surface area contributed by atoms with E-state index in [1.807, 2.05) is 19.1 Å². The maximum Gasteiger partial charge on any atom is 0.275 e. The molecule has 7 heteroatoms. The van der Waals surface area contributed by atoms with Crippen LogP contribution in [0, 0.1) is 30.6 Å². The Morgan fingerprint density at radius 3 is 2.12 bits per heavy atom. The summed E-state index contributed by atoms with van der Waals surface area (Å²) in [5, 5.41) is 2.12. The van der Waals surface area contributed by atoms with Crippen LogP contribution in [0.4, 0.5) is 0 Å². The zero-order valence-corrected chi connectivity index (χ0v) is 19.0. The van der Waals surface area contributed by atoms with E-state index in [1.165, 1.54) is 6.07 Å². The van der Waals surface area contributed by atoms with E-state index in [0.717, 1.165) is 22.0 Å². The summed E-state index contributed by atoms with van der Waals surface area (Å²) in [5.74, 6) is -2.88. The Bertz CT molecular complexity index is 1180. The number of Topliss-reactive ketones (excluding diaryl/α,β-unsaturated/α-hetero) is 1. The molecule has 2 aromatic carbocycles. The molecule has 0 spiro atoms. The highest BCUT2D eigenvalue weighted by Crippen LogP contribution is 2.53. The van der Waals surface area contributed by atoms with Gasteiger partial charge in [0, 0.05) is 5.56 Å². The van der Waals surface area contributed by atoms with Crippen molar-refractivity contribution in [2.45, 2.75) is 26.3 Å². The first-order chi connectivity index (χ1) is 15.8. The van der Waals surface area contributed by atoms with Gasteiger partial charge in [0.05, 0.1) is 22.4 Å². The van der Waals surface area contributed by atoms with E-state index in [9.17, 15) is 19.2 Å². The fourth-order valence-electron chi connectivity index (χ4n) is 5.37. The van der Waals surface area contributed by atoms with Gasteiger partial charge in [0.25, 0.3) is 17.7 Å². The van der Waals surface area contributed by atoms with E-state index < -0.39 is 35.6 Å². The highest BCUT2D eigenvalue weighted by atomic mass is 35.5. The van der Waals surface area contributed by atoms with E-state index in [-0.39, 0.29) is 28.2 Å². The summed E-state index contributed by atoms with van der Waals surface area (Å²) in [4.78, 5) is 54.1. The second-order valence-corrected chi connectivity index (χ2v) is 9.43. The van der Waals surface area contributed by atoms with Gasteiger partial charge in [-0.2, -0.15) is 5.01 Å². The van der Waals surface area contributed by atoms with Crippen molar-refractivity contribution >= 4 is 35.1 Å². The number of fused-ring (bicyclic) bond motifs is 5. The van der Waals surface area contributed by atoms with E-state index in [4.69, 9.17) is 11.6 Å². The number of hydrogen-bond acceptors (Lipinski definition) is 4. The number of carbonyl (C=O) groups is 4. The maximum atomic E-state index is 13.7. The van der Waals surface area contributed by atoms with Crippen LogP contribution in [0.1, 0.15) is 39.6 Å². The summed E-state index contributed by atoms with van der Waals surface area (Å²) in [7, 11) is 0. The molecule has 2 fully saturated rings. The molecule has 1 aliphatic heterocycles. The number of hydrazine groups is 1. The van der Waals surface area contributed by atoms with Crippen molar-refractivity contribution in [3.63, 3.8) is 0 Å². The molecular weight excluding hydrogens is 440 g/mol. The molecule has 3 amide bonds. The van der Waals surface area contributed by atoms with Crippen molar-refractivity contribution in [1.82, 2.24) is 10.0 Å². The topological polar surface area (TPSA) is 74.8 Å². The number of amides is 3. The number of aryl methyl sites for hydroxylation is 1. The molecular formula is C26H23ClN2O4. The van der Waals surface area contributed by atoms with E-state index in [2.05, 4.69) is 0 Å². The lowest BCUT2D eigenvalue weighted by molar-refractivity contribution is -0.157. The quantitative estimate of drug-likeness (QED) is 0.381. The molecule has 0 unspecified atom stereocenters. The van der Waals surface area contributed by atoms with Crippen molar-refractivity contribution in [2.24, 2.45) is 23.7 Å². The highest BCUT2D eigenvalue weighted by Gasteiger charge is 2.61. The number of allylic oxidation sites excluding steroid dienone is 2. The fraction of sp³-hybridized carbons (Fsp3) is 0.308. The molecule has 1 heterocycles. The number of hydrogen-bond donors (Lipinski definition) is 0. The fourth-order valence-corrected chi connectivity index (χ4v) is 5.58. The van der Waals surface area contributed by atoms with Crippen molar-refractivity contribution in [1.29, 1.82) is 0 Å². The summed E-state index contributed by atoms with van der Waals surface area (Å²) in [5.41, 5.74) is 1.51. The Kier molecular flexibility index (Phi) is 5.20. The van der Waals surface area contributed by atoms with Gasteiger partial charge in [0.15, 0.2) is 5.78 Å². The van der Waals surface area contributed by atoms with Crippen LogP contribution in [-0.2, 0) is 9.59 Å². The largest absolute Gasteiger partial charge is 0.292 e. The Balaban J connectivity index is 1.56. The lowest BCUT2D eigenvalue weighted by Gasteiger charge is -2.35. The summed E-state index contributed by atoms with van der Waals surface area (Å²) >= 11 is 6.28. The molecule has 168 valence electrons. The number of rotatable bonds is 5. The molecule has 0 radical (unpaired) electrons. The summed E-state index contributed by atoms with van der Waals surface area (Å²) in [6.07, 6.45) is 4.75. The minimum Gasteiger partial charge on any atom is -0.292 e. The summed E-state index contributed by atoms with van der Waals surface area (Å²) in [6, 6.07) is 12.3. The molecule has 5 atom stereocenters. The summed E-state index contributed by atoms with van der Waals surface area (Å²) < 4.78 is 0. The number of carbonyl (C=O) groups excluding carboxylic acids is 4. The molecule has 5 rings (SSSR count). The number of benzene rings is 2. The number of imide groups is 1. The second-order valence-electron chi connectivity index (χ2n) is 9.02. The van der Waals surface area contributed by atoms with E-state index >= 15 is 0 Å². The third-order valence-electron chi connectivity index (χ3n) is 7.06. The minimum atomic E-state index is -1.09. The van der Waals surface area contributed by atoms with Gasteiger partial charge in [-0.25, -0.2) is 5.01 Å². The molecule has 2 aliphatic carbocycles. The Morgan fingerprint density at radius 1 is 0.970 bits per heavy atom. The van der Waals surface area contributed by atoms with Crippen LogP contribution in [0.3, 0.4) is 0 Å². The molecule has 3 aliphatic rings. The molecule has 6 nitrogen and oxygen atoms in total. The molecule has 0 aromatic heterocycles. The first-order valence-electron chi connectivity index (χ1n) is 11.0. The van der Waals surface area contributed by atoms with Gasteiger partial charge in [-0.1, -0.05) is 65.7 Å². The second kappa shape index (κ2) is 7.96. The van der Waals surface area contributed by atoms with Gasteiger partial charge in [-0.3, -0.25) is 19.2 Å². The van der Waals surface area contributed by atoms with Crippen LogP contribution in [-0.4, -0.2) is 39.6 Å². The average Bonchev–Trinajstić information content (AvgIpc) is 3.49. The summed E-state index contributed by atoms with van der Waals surface area (Å²) in [6.45, 7) is 3.45. The zero-order chi connectivity index (χ0) is 23.4. The number of halogens is 1. The molecule has 2 aromatic rings. The van der Waals surface area contributed by atoms with E-state index in [1.54, 1.807) is 49.4 Å². The van der Waals surface area contributed by atoms with Crippen LogP contribution in [0.25, 0.3) is 0 Å². The standard InChI is InChI=1S/C26H23ClN2O4/c1-14-7-9-16(10-8-14)23(30)15(2)28(24(31)19-5-3-4-6-20(19)27)29-25(32)21-17-11-12-18(13-17)22(21)26(29)33/h3-12,15,17-18,21-22H,13H2,1-2H3/t15-,17-,18-,21+,22+/m0/s1. The maximum absolute atomic E-state index is 13.7. The smallest absolute Gasteiger partial charge is 0.275 e. The Labute approximate surface area is 196 Å². The van der Waals surface area contributed by atoms with Crippen LogP contribution in [0.5, 0.6) is 0 Å². The number of ketones is 1. The van der Waals surface area contributed by atoms with Gasteiger partial charge in [0.1, 0.15) is 6.04 Å². The zero-order valence-electron chi connectivity index (χ0n) is 18.3. The Morgan fingerprint density at radius 2 is 1.55 bits per heavy atom. The van der Waals surface area contributed by atoms with Gasteiger partial charge in [0.2, 0.25) is 0 Å². The predicted octanol–water partition coefficient (Wildman–Crippen LogP) is 4.08. The normalized spacial score (nSPS) is 26.0. The van der Waals surface area contributed by atoms with Crippen molar-refractivity contribution < 1.29 is 19.2 Å². The third-order valence-corrected chi connectivity index (χ3v) is 7.39. The van der Waals surface area contributed by atoms with Crippen molar-refractivity contribution in [3.05, 3.63) is 82.4 Å².